The summed E-state index contributed by atoms with van der Waals surface area (Å²) >= 11 is 3.32. The molecule has 0 unspecified atom stereocenters. The normalized spacial score (nSPS) is 15.3. The number of hydrogen-bond acceptors (Lipinski definition) is 4. The average Bonchev–Trinajstić information content (AvgIpc) is 2.46. The van der Waals surface area contributed by atoms with Crippen molar-refractivity contribution < 1.29 is 14.3 Å². The summed E-state index contributed by atoms with van der Waals surface area (Å²) in [6.07, 6.45) is 1.23. The lowest BCUT2D eigenvalue weighted by molar-refractivity contribution is 0.0594. The lowest BCUT2D eigenvalue weighted by Crippen LogP contribution is -2.50. The SMILES string of the molecule is COC(=O)N1CCN(C(=O)c2ncccc2Br)CC1. The van der Waals surface area contributed by atoms with Crippen LogP contribution in [0.5, 0.6) is 0 Å². The first-order chi connectivity index (χ1) is 9.13. The Morgan fingerprint density at radius 2 is 1.89 bits per heavy atom. The van der Waals surface area contributed by atoms with Crippen LogP contribution in [-0.4, -0.2) is 60.1 Å². The van der Waals surface area contributed by atoms with Gasteiger partial charge >= 0.3 is 6.09 Å². The Morgan fingerprint density at radius 1 is 1.26 bits per heavy atom. The maximum absolute atomic E-state index is 12.3. The first-order valence-electron chi connectivity index (χ1n) is 5.86. The maximum atomic E-state index is 12.3. The van der Waals surface area contributed by atoms with Gasteiger partial charge in [0.25, 0.3) is 5.91 Å². The van der Waals surface area contributed by atoms with Crippen molar-refractivity contribution >= 4 is 27.9 Å². The van der Waals surface area contributed by atoms with Crippen LogP contribution in [0.1, 0.15) is 10.5 Å². The number of piperazine rings is 1. The van der Waals surface area contributed by atoms with E-state index >= 15 is 0 Å². The molecule has 1 aliphatic rings. The molecule has 1 aromatic rings. The molecule has 2 amide bonds. The number of rotatable bonds is 1. The highest BCUT2D eigenvalue weighted by Gasteiger charge is 2.26. The van der Waals surface area contributed by atoms with E-state index in [2.05, 4.69) is 25.7 Å². The van der Waals surface area contributed by atoms with Crippen molar-refractivity contribution in [1.82, 2.24) is 14.8 Å². The highest BCUT2D eigenvalue weighted by Crippen LogP contribution is 2.16. The molecule has 2 rings (SSSR count). The van der Waals surface area contributed by atoms with E-state index in [1.54, 1.807) is 28.1 Å². The summed E-state index contributed by atoms with van der Waals surface area (Å²) < 4.78 is 5.33. The fourth-order valence-electron chi connectivity index (χ4n) is 1.91. The Morgan fingerprint density at radius 3 is 2.47 bits per heavy atom. The summed E-state index contributed by atoms with van der Waals surface area (Å²) in [6, 6.07) is 3.54. The van der Waals surface area contributed by atoms with Crippen LogP contribution in [0.15, 0.2) is 22.8 Å². The number of halogens is 1. The Kier molecular flexibility index (Phi) is 4.36. The average molecular weight is 328 g/mol. The predicted octanol–water partition coefficient (Wildman–Crippen LogP) is 1.37. The lowest BCUT2D eigenvalue weighted by Gasteiger charge is -2.33. The van der Waals surface area contributed by atoms with Crippen LogP contribution >= 0.6 is 15.9 Å². The van der Waals surface area contributed by atoms with Crippen molar-refractivity contribution in [2.75, 3.05) is 33.3 Å². The molecule has 1 aromatic heterocycles. The minimum Gasteiger partial charge on any atom is -0.453 e. The van der Waals surface area contributed by atoms with Gasteiger partial charge in [-0.15, -0.1) is 0 Å². The fourth-order valence-corrected chi connectivity index (χ4v) is 2.34. The van der Waals surface area contributed by atoms with Gasteiger partial charge in [-0.3, -0.25) is 4.79 Å². The number of nitrogens with zero attached hydrogens (tertiary/aromatic N) is 3. The molecule has 0 saturated carbocycles. The Hall–Kier alpha value is -1.63. The molecule has 102 valence electrons. The zero-order valence-corrected chi connectivity index (χ0v) is 12.1. The highest BCUT2D eigenvalue weighted by atomic mass is 79.9. The maximum Gasteiger partial charge on any atom is 0.409 e. The second kappa shape index (κ2) is 6.01. The van der Waals surface area contributed by atoms with Crippen LogP contribution in [0.2, 0.25) is 0 Å². The number of aromatic nitrogens is 1. The van der Waals surface area contributed by atoms with Gasteiger partial charge in [0.2, 0.25) is 0 Å². The third kappa shape index (κ3) is 3.04. The zero-order chi connectivity index (χ0) is 13.8. The molecule has 0 bridgehead atoms. The molecule has 1 saturated heterocycles. The molecule has 0 spiro atoms. The zero-order valence-electron chi connectivity index (χ0n) is 10.5. The monoisotopic (exact) mass is 327 g/mol. The first kappa shape index (κ1) is 13.8. The lowest BCUT2D eigenvalue weighted by atomic mass is 10.2. The van der Waals surface area contributed by atoms with E-state index < -0.39 is 0 Å². The van der Waals surface area contributed by atoms with Gasteiger partial charge in [0.1, 0.15) is 5.69 Å². The quantitative estimate of drug-likeness (QED) is 0.781. The Bertz CT molecular complexity index is 487. The molecule has 0 atom stereocenters. The van der Waals surface area contributed by atoms with Crippen molar-refractivity contribution in [2.45, 2.75) is 0 Å². The number of carbonyl (C=O) groups is 2. The number of ether oxygens (including phenoxy) is 1. The largest absolute Gasteiger partial charge is 0.453 e. The van der Waals surface area contributed by atoms with Gasteiger partial charge in [-0.25, -0.2) is 9.78 Å². The van der Waals surface area contributed by atoms with Gasteiger partial charge in [0.05, 0.1) is 7.11 Å². The molecule has 1 aliphatic heterocycles. The first-order valence-corrected chi connectivity index (χ1v) is 6.65. The summed E-state index contributed by atoms with van der Waals surface area (Å²) in [4.78, 5) is 31.0. The molecule has 0 radical (unpaired) electrons. The third-order valence-electron chi connectivity index (χ3n) is 2.96. The second-order valence-electron chi connectivity index (χ2n) is 4.08. The van der Waals surface area contributed by atoms with Crippen LogP contribution in [0.3, 0.4) is 0 Å². The standard InChI is InChI=1S/C12H14BrN3O3/c1-19-12(18)16-7-5-15(6-8-16)11(17)10-9(13)3-2-4-14-10/h2-4H,5-8H2,1H3. The summed E-state index contributed by atoms with van der Waals surface area (Å²) in [6.45, 7) is 1.92. The second-order valence-corrected chi connectivity index (χ2v) is 4.94. The molecular weight excluding hydrogens is 314 g/mol. The van der Waals surface area contributed by atoms with Gasteiger partial charge in [-0.2, -0.15) is 0 Å². The topological polar surface area (TPSA) is 62.7 Å². The molecule has 1 fully saturated rings. The van der Waals surface area contributed by atoms with Gasteiger partial charge in [-0.05, 0) is 28.1 Å². The molecule has 7 heteroatoms. The number of hydrogen-bond donors (Lipinski definition) is 0. The van der Waals surface area contributed by atoms with E-state index in [0.29, 0.717) is 36.3 Å². The van der Waals surface area contributed by atoms with Crippen molar-refractivity contribution in [3.8, 4) is 0 Å². The molecule has 0 aromatic carbocycles. The van der Waals surface area contributed by atoms with E-state index in [4.69, 9.17) is 0 Å². The van der Waals surface area contributed by atoms with Crippen molar-refractivity contribution in [2.24, 2.45) is 0 Å². The minimum absolute atomic E-state index is 0.128. The summed E-state index contributed by atoms with van der Waals surface area (Å²) in [5.41, 5.74) is 0.397. The predicted molar refractivity (Wildman–Crippen MR) is 71.8 cm³/mol. The molecule has 6 nitrogen and oxygen atoms in total. The minimum atomic E-state index is -0.355. The number of pyridine rings is 1. The molecule has 2 heterocycles. The molecule has 19 heavy (non-hydrogen) atoms. The van der Waals surface area contributed by atoms with E-state index in [0.717, 1.165) is 0 Å². The van der Waals surface area contributed by atoms with Crippen molar-refractivity contribution in [1.29, 1.82) is 0 Å². The third-order valence-corrected chi connectivity index (χ3v) is 3.60. The van der Waals surface area contributed by atoms with Gasteiger partial charge in [0.15, 0.2) is 0 Å². The van der Waals surface area contributed by atoms with Crippen molar-refractivity contribution in [3.05, 3.63) is 28.5 Å². The van der Waals surface area contributed by atoms with E-state index in [1.165, 1.54) is 7.11 Å². The van der Waals surface area contributed by atoms with Crippen LogP contribution < -0.4 is 0 Å². The van der Waals surface area contributed by atoms with Crippen LogP contribution in [0.4, 0.5) is 4.79 Å². The van der Waals surface area contributed by atoms with Crippen molar-refractivity contribution in [3.63, 3.8) is 0 Å². The Balaban J connectivity index is 2.00. The van der Waals surface area contributed by atoms with Gasteiger partial charge in [0, 0.05) is 36.8 Å². The van der Waals surface area contributed by atoms with E-state index in [-0.39, 0.29) is 12.0 Å². The van der Waals surface area contributed by atoms with Crippen LogP contribution in [-0.2, 0) is 4.74 Å². The molecule has 0 N–H and O–H groups in total. The number of amides is 2. The smallest absolute Gasteiger partial charge is 0.409 e. The summed E-state index contributed by atoms with van der Waals surface area (Å²) in [5, 5.41) is 0. The highest BCUT2D eigenvalue weighted by molar-refractivity contribution is 9.10. The fraction of sp³-hybridized carbons (Fsp3) is 0.417. The number of carbonyl (C=O) groups excluding carboxylic acids is 2. The summed E-state index contributed by atoms with van der Waals surface area (Å²) in [7, 11) is 1.35. The Labute approximate surface area is 119 Å². The molecule has 0 aliphatic carbocycles. The van der Waals surface area contributed by atoms with Gasteiger partial charge < -0.3 is 14.5 Å². The van der Waals surface area contributed by atoms with Crippen LogP contribution in [0.25, 0.3) is 0 Å². The van der Waals surface area contributed by atoms with Crippen LogP contribution in [0, 0.1) is 0 Å². The number of methoxy groups -OCH3 is 1. The van der Waals surface area contributed by atoms with Gasteiger partial charge in [-0.1, -0.05) is 0 Å². The molecular formula is C12H14BrN3O3. The van der Waals surface area contributed by atoms with E-state index in [1.807, 2.05) is 0 Å². The van der Waals surface area contributed by atoms with E-state index in [9.17, 15) is 9.59 Å². The summed E-state index contributed by atoms with van der Waals surface area (Å²) in [5.74, 6) is -0.128.